The van der Waals surface area contributed by atoms with E-state index in [4.69, 9.17) is 0 Å². The predicted octanol–water partition coefficient (Wildman–Crippen LogP) is 1.12. The van der Waals surface area contributed by atoms with E-state index in [-0.39, 0.29) is 5.91 Å². The van der Waals surface area contributed by atoms with E-state index >= 15 is 0 Å². The molecule has 0 aromatic carbocycles. The van der Waals surface area contributed by atoms with Gasteiger partial charge in [0, 0.05) is 44.7 Å². The number of piperazine rings is 1. The van der Waals surface area contributed by atoms with Crippen LogP contribution in [-0.2, 0) is 4.79 Å². The minimum atomic E-state index is 0.243. The van der Waals surface area contributed by atoms with Crippen LogP contribution in [0.1, 0.15) is 45.4 Å². The van der Waals surface area contributed by atoms with Crippen molar-refractivity contribution in [1.82, 2.24) is 15.5 Å². The monoisotopic (exact) mass is 253 g/mol. The van der Waals surface area contributed by atoms with Crippen molar-refractivity contribution in [2.75, 3.05) is 26.2 Å². The van der Waals surface area contributed by atoms with E-state index in [1.165, 1.54) is 32.1 Å². The molecule has 1 heterocycles. The molecule has 0 spiro atoms. The molecule has 0 unspecified atom stereocenters. The van der Waals surface area contributed by atoms with E-state index in [1.54, 1.807) is 0 Å². The van der Waals surface area contributed by atoms with Crippen molar-refractivity contribution < 1.29 is 4.79 Å². The molecule has 1 aliphatic heterocycles. The van der Waals surface area contributed by atoms with Gasteiger partial charge in [0.05, 0.1) is 0 Å². The van der Waals surface area contributed by atoms with Crippen molar-refractivity contribution in [3.05, 3.63) is 0 Å². The zero-order chi connectivity index (χ0) is 12.8. The lowest BCUT2D eigenvalue weighted by Gasteiger charge is -2.33. The minimum absolute atomic E-state index is 0.243. The molecular formula is C14H27N3O. The van der Waals surface area contributed by atoms with Gasteiger partial charge in [0.1, 0.15) is 0 Å². The van der Waals surface area contributed by atoms with Crippen molar-refractivity contribution in [2.45, 2.75) is 57.5 Å². The van der Waals surface area contributed by atoms with Crippen LogP contribution in [0.2, 0.25) is 0 Å². The molecule has 0 radical (unpaired) electrons. The van der Waals surface area contributed by atoms with Crippen LogP contribution in [0.15, 0.2) is 0 Å². The Labute approximate surface area is 110 Å². The number of rotatable bonds is 4. The average Bonchev–Trinajstić information content (AvgIpc) is 2.39. The molecule has 1 aliphatic carbocycles. The second-order valence-corrected chi connectivity index (χ2v) is 5.74. The zero-order valence-electron chi connectivity index (χ0n) is 11.6. The van der Waals surface area contributed by atoms with Crippen LogP contribution < -0.4 is 10.6 Å². The molecule has 2 rings (SSSR count). The third-order valence-corrected chi connectivity index (χ3v) is 4.24. The Morgan fingerprint density at radius 3 is 2.83 bits per heavy atom. The fourth-order valence-corrected chi connectivity index (χ4v) is 3.01. The summed E-state index contributed by atoms with van der Waals surface area (Å²) in [5.74, 6) is 0.243. The molecule has 2 fully saturated rings. The summed E-state index contributed by atoms with van der Waals surface area (Å²) in [5, 5.41) is 6.57. The van der Waals surface area contributed by atoms with Crippen LogP contribution in [0.5, 0.6) is 0 Å². The van der Waals surface area contributed by atoms with Crippen molar-refractivity contribution in [3.8, 4) is 0 Å². The first kappa shape index (κ1) is 13.8. The molecule has 104 valence electrons. The first-order valence-electron chi connectivity index (χ1n) is 7.50. The maximum Gasteiger partial charge on any atom is 0.221 e. The van der Waals surface area contributed by atoms with Gasteiger partial charge in [-0.15, -0.1) is 0 Å². The molecule has 1 saturated heterocycles. The highest BCUT2D eigenvalue weighted by molar-refractivity contribution is 5.76. The lowest BCUT2D eigenvalue weighted by Crippen LogP contribution is -2.50. The van der Waals surface area contributed by atoms with E-state index in [0.29, 0.717) is 18.5 Å². The third-order valence-electron chi connectivity index (χ3n) is 4.24. The Morgan fingerprint density at radius 1 is 1.33 bits per heavy atom. The smallest absolute Gasteiger partial charge is 0.221 e. The van der Waals surface area contributed by atoms with Crippen LogP contribution in [0, 0.1) is 0 Å². The van der Waals surface area contributed by atoms with Crippen LogP contribution in [0.4, 0.5) is 0 Å². The van der Waals surface area contributed by atoms with Crippen molar-refractivity contribution >= 4 is 5.91 Å². The van der Waals surface area contributed by atoms with Crippen molar-refractivity contribution in [2.24, 2.45) is 0 Å². The number of hydrogen-bond acceptors (Lipinski definition) is 3. The summed E-state index contributed by atoms with van der Waals surface area (Å²) in [6.45, 7) is 6.29. The van der Waals surface area contributed by atoms with E-state index in [1.807, 2.05) is 0 Å². The van der Waals surface area contributed by atoms with Gasteiger partial charge in [0.2, 0.25) is 5.91 Å². The molecular weight excluding hydrogens is 226 g/mol. The Kier molecular flexibility index (Phi) is 5.45. The molecule has 2 N–H and O–H groups in total. The molecule has 0 aromatic rings. The summed E-state index contributed by atoms with van der Waals surface area (Å²) in [5.41, 5.74) is 0. The van der Waals surface area contributed by atoms with Gasteiger partial charge in [-0.3, -0.25) is 9.69 Å². The van der Waals surface area contributed by atoms with Gasteiger partial charge >= 0.3 is 0 Å². The quantitative estimate of drug-likeness (QED) is 0.789. The zero-order valence-corrected chi connectivity index (χ0v) is 11.6. The highest BCUT2D eigenvalue weighted by Gasteiger charge is 2.20. The fraction of sp³-hybridized carbons (Fsp3) is 0.929. The Hall–Kier alpha value is -0.610. The van der Waals surface area contributed by atoms with E-state index in [0.717, 1.165) is 26.2 Å². The molecule has 18 heavy (non-hydrogen) atoms. The largest absolute Gasteiger partial charge is 0.353 e. The van der Waals surface area contributed by atoms with Crippen LogP contribution >= 0.6 is 0 Å². The Balaban J connectivity index is 1.64. The lowest BCUT2D eigenvalue weighted by molar-refractivity contribution is -0.122. The number of amides is 1. The van der Waals surface area contributed by atoms with Crippen LogP contribution in [0.25, 0.3) is 0 Å². The molecule has 0 aromatic heterocycles. The fourth-order valence-electron chi connectivity index (χ4n) is 3.01. The maximum atomic E-state index is 11.9. The number of nitrogens with zero attached hydrogens (tertiary/aromatic N) is 1. The molecule has 4 nitrogen and oxygen atoms in total. The van der Waals surface area contributed by atoms with Gasteiger partial charge in [0.25, 0.3) is 0 Å². The topological polar surface area (TPSA) is 44.4 Å². The molecule has 2 aliphatic rings. The second kappa shape index (κ2) is 7.10. The van der Waals surface area contributed by atoms with Gasteiger partial charge in [-0.05, 0) is 19.8 Å². The number of carbonyl (C=O) groups excluding carboxylic acids is 1. The summed E-state index contributed by atoms with van der Waals surface area (Å²) in [7, 11) is 0. The van der Waals surface area contributed by atoms with Gasteiger partial charge in [-0.2, -0.15) is 0 Å². The Morgan fingerprint density at radius 2 is 2.11 bits per heavy atom. The highest BCUT2D eigenvalue weighted by Crippen LogP contribution is 2.17. The van der Waals surface area contributed by atoms with E-state index < -0.39 is 0 Å². The molecule has 0 bridgehead atoms. The predicted molar refractivity (Wildman–Crippen MR) is 73.5 cm³/mol. The van der Waals surface area contributed by atoms with Gasteiger partial charge in [-0.1, -0.05) is 19.3 Å². The normalized spacial score (nSPS) is 27.1. The summed E-state index contributed by atoms with van der Waals surface area (Å²) in [6.07, 6.45) is 6.90. The molecule has 4 heteroatoms. The SMILES string of the molecule is C[C@@H]1CNCCN1CCC(=O)NC1CCCCC1. The molecule has 1 atom stereocenters. The van der Waals surface area contributed by atoms with Crippen molar-refractivity contribution in [1.29, 1.82) is 0 Å². The standard InChI is InChI=1S/C14H27N3O/c1-12-11-15-8-10-17(12)9-7-14(18)16-13-5-3-2-4-6-13/h12-13,15H,2-11H2,1H3,(H,16,18)/t12-/m1/s1. The number of carbonyl (C=O) groups is 1. The third kappa shape index (κ3) is 4.25. The van der Waals surface area contributed by atoms with Gasteiger partial charge < -0.3 is 10.6 Å². The van der Waals surface area contributed by atoms with Crippen LogP contribution in [0.3, 0.4) is 0 Å². The number of hydrogen-bond donors (Lipinski definition) is 2. The first-order valence-corrected chi connectivity index (χ1v) is 7.50. The summed E-state index contributed by atoms with van der Waals surface area (Å²) in [4.78, 5) is 14.3. The number of nitrogens with one attached hydrogen (secondary N) is 2. The second-order valence-electron chi connectivity index (χ2n) is 5.74. The van der Waals surface area contributed by atoms with Gasteiger partial charge in [-0.25, -0.2) is 0 Å². The minimum Gasteiger partial charge on any atom is -0.353 e. The summed E-state index contributed by atoms with van der Waals surface area (Å²) >= 11 is 0. The summed E-state index contributed by atoms with van der Waals surface area (Å²) in [6, 6.07) is 1.01. The maximum absolute atomic E-state index is 11.9. The first-order chi connectivity index (χ1) is 8.75. The summed E-state index contributed by atoms with van der Waals surface area (Å²) < 4.78 is 0. The Bertz CT molecular complexity index is 264. The van der Waals surface area contributed by atoms with Crippen molar-refractivity contribution in [3.63, 3.8) is 0 Å². The molecule has 1 saturated carbocycles. The highest BCUT2D eigenvalue weighted by atomic mass is 16.1. The molecule has 1 amide bonds. The van der Waals surface area contributed by atoms with E-state index in [2.05, 4.69) is 22.5 Å². The lowest BCUT2D eigenvalue weighted by atomic mass is 9.95. The van der Waals surface area contributed by atoms with Crippen LogP contribution in [-0.4, -0.2) is 49.1 Å². The van der Waals surface area contributed by atoms with E-state index in [9.17, 15) is 4.79 Å². The van der Waals surface area contributed by atoms with Gasteiger partial charge in [0.15, 0.2) is 0 Å². The average molecular weight is 253 g/mol.